The van der Waals surface area contributed by atoms with E-state index in [-0.39, 0.29) is 84.3 Å². The standard InChI is InChI=1S/C20H24N4O3.C20H22N4O2.C15H17BrN2O.C8H9BrO.C7H9ClN2.4H2S/c1-11-12(2)22-14(4)23-19(11)26-13(3)15-5-9-17(10-6-15)20(25)27-24-18(21)16-7-8-16;1-11-12(2)21-14(4)22-19(11)25-13(3)15-5-9-17(10-6-15)20-23-18(24-26-20)16-7-8-16;1-9-10(2)17-12(4)18-15(9)19-11(3)13-5-7-14(16)8-6-13;1-6(10)7-2-4-8(9)5-3-7;1-4-5(2)9-6(3)10-7(4)8;;;;/h5-6,9-10,13,16H,7-8H2,1-4H3,(H2,21,24);5-6,9-10,13,16H,7-8H2,1-4H3;5-8,11H,1-4H3;2-6,10H,1H3;1-3H3;4*1H2/t2*13-;11-;6-;;;;;/m0000...../s1. The Morgan fingerprint density at radius 2 is 0.865 bits per heavy atom. The second kappa shape index (κ2) is 39.0. The SMILES string of the molecule is C[C@H](O)c1ccc(Br)cc1.Cc1nc(C)c(C)c(Cl)n1.Cc1nc(C)c(C)c(O[C@@H](C)c2ccc(-c3nc(C4CC4)no3)cc2)n1.Cc1nc(C)c(C)c(O[C@@H](C)c2ccc(Br)cc2)n1.Cc1nc(C)c(C)c(O[C@@H](C)c2ccc(C(=O)O/N=C(\N)C3CC3)cc2)n1.S.S.S.S. The van der Waals surface area contributed by atoms with E-state index in [2.05, 4.69) is 87.0 Å². The minimum atomic E-state index is -0.531. The second-order valence-electron chi connectivity index (χ2n) is 22.8. The van der Waals surface area contributed by atoms with E-state index in [4.69, 9.17) is 46.0 Å². The summed E-state index contributed by atoms with van der Waals surface area (Å²) in [6.07, 6.45) is 3.57. The van der Waals surface area contributed by atoms with Gasteiger partial charge in [-0.05, 0) is 207 Å². The highest BCUT2D eigenvalue weighted by molar-refractivity contribution is 9.10. The number of ether oxygens (including phenoxy) is 3. The maximum atomic E-state index is 12.1. The molecule has 4 atom stereocenters. The van der Waals surface area contributed by atoms with E-state index in [1.54, 1.807) is 19.1 Å². The number of hydrogen-bond acceptors (Lipinski definition) is 18. The van der Waals surface area contributed by atoms with Gasteiger partial charge in [0.2, 0.25) is 17.6 Å². The number of amidine groups is 1. The lowest BCUT2D eigenvalue weighted by Crippen LogP contribution is -2.15. The zero-order valence-electron chi connectivity index (χ0n) is 57.1. The molecule has 0 unspecified atom stereocenters. The minimum Gasteiger partial charge on any atom is -0.469 e. The molecule has 516 valence electrons. The molecule has 96 heavy (non-hydrogen) atoms. The molecular formula is C70H89Br2ClN12O7S4. The van der Waals surface area contributed by atoms with E-state index < -0.39 is 5.97 Å². The fraction of sp³-hybridized carbons (Fsp3) is 0.371. The third-order valence-corrected chi connectivity index (χ3v) is 16.6. The van der Waals surface area contributed by atoms with E-state index in [9.17, 15) is 4.79 Å². The molecule has 11 rings (SSSR count). The van der Waals surface area contributed by atoms with Crippen LogP contribution in [0, 0.1) is 89.0 Å². The van der Waals surface area contributed by atoms with Crippen molar-refractivity contribution in [3.63, 3.8) is 0 Å². The van der Waals surface area contributed by atoms with Gasteiger partial charge < -0.3 is 34.4 Å². The number of halogens is 3. The van der Waals surface area contributed by atoms with E-state index >= 15 is 0 Å². The van der Waals surface area contributed by atoms with Crippen LogP contribution in [0.15, 0.2) is 116 Å². The Balaban J connectivity index is 0.000000325. The predicted molar refractivity (Wildman–Crippen MR) is 405 cm³/mol. The average Bonchev–Trinajstić information content (AvgIpc) is 1.41. The largest absolute Gasteiger partial charge is 0.469 e. The van der Waals surface area contributed by atoms with Crippen LogP contribution in [0.1, 0.15) is 190 Å². The number of benzene rings is 4. The fourth-order valence-electron chi connectivity index (χ4n) is 8.71. The maximum Gasteiger partial charge on any atom is 0.365 e. The molecule has 4 aromatic carbocycles. The number of aromatic nitrogens is 10. The number of aryl methyl sites for hydroxylation is 8. The molecule has 5 aromatic heterocycles. The summed E-state index contributed by atoms with van der Waals surface area (Å²) in [7, 11) is 0. The highest BCUT2D eigenvalue weighted by atomic mass is 79.9. The first-order valence-electron chi connectivity index (χ1n) is 30.3. The van der Waals surface area contributed by atoms with E-state index in [0.717, 1.165) is 125 Å². The number of aliphatic hydroxyl groups excluding tert-OH is 1. The van der Waals surface area contributed by atoms with Gasteiger partial charge in [0.1, 0.15) is 52.6 Å². The maximum absolute atomic E-state index is 12.1. The van der Waals surface area contributed by atoms with E-state index in [0.29, 0.717) is 57.6 Å². The summed E-state index contributed by atoms with van der Waals surface area (Å²) < 4.78 is 25.5. The molecule has 19 nitrogen and oxygen atoms in total. The summed E-state index contributed by atoms with van der Waals surface area (Å²) >= 11 is 12.5. The number of hydrogen-bond donors (Lipinski definition) is 2. The van der Waals surface area contributed by atoms with Gasteiger partial charge in [0.15, 0.2) is 5.82 Å². The summed E-state index contributed by atoms with van der Waals surface area (Å²) in [6, 6.07) is 30.8. The molecule has 0 aliphatic heterocycles. The van der Waals surface area contributed by atoms with Gasteiger partial charge in [0.05, 0.1) is 11.7 Å². The zero-order chi connectivity index (χ0) is 67.1. The normalized spacial score (nSPS) is 13.2. The third kappa shape index (κ3) is 25.0. The molecule has 2 aliphatic rings. The highest BCUT2D eigenvalue weighted by Crippen LogP contribution is 2.39. The number of nitrogens with two attached hydrogens (primary N) is 1. The molecule has 0 saturated heterocycles. The summed E-state index contributed by atoms with van der Waals surface area (Å²) in [6.45, 7) is 30.8. The highest BCUT2D eigenvalue weighted by Gasteiger charge is 2.29. The van der Waals surface area contributed by atoms with Crippen LogP contribution >= 0.6 is 97.4 Å². The lowest BCUT2D eigenvalue weighted by Gasteiger charge is -2.17. The summed E-state index contributed by atoms with van der Waals surface area (Å²) in [5, 5.41) is 17.4. The number of carbonyl (C=O) groups is 1. The average molecular weight is 1530 g/mol. The number of carbonyl (C=O) groups excluding carboxylic acids is 1. The van der Waals surface area contributed by atoms with E-state index in [1.165, 1.54) is 0 Å². The third-order valence-electron chi connectivity index (χ3n) is 15.2. The number of oxime groups is 1. The first kappa shape index (κ1) is 83.5. The number of aliphatic hydroxyl groups is 1. The molecule has 2 saturated carbocycles. The van der Waals surface area contributed by atoms with Crippen molar-refractivity contribution in [2.45, 2.75) is 167 Å². The Labute approximate surface area is 613 Å². The summed E-state index contributed by atoms with van der Waals surface area (Å²) in [5.74, 6) is 6.73. The van der Waals surface area contributed by atoms with Crippen molar-refractivity contribution in [1.82, 2.24) is 50.0 Å². The van der Waals surface area contributed by atoms with Crippen LogP contribution in [0.25, 0.3) is 11.5 Å². The van der Waals surface area contributed by atoms with Crippen LogP contribution < -0.4 is 19.9 Å². The molecular weight excluding hydrogens is 1440 g/mol. The van der Waals surface area contributed by atoms with Gasteiger partial charge in [-0.1, -0.05) is 102 Å². The fourth-order valence-corrected chi connectivity index (χ4v) is 9.50. The molecule has 0 spiro atoms. The van der Waals surface area contributed by atoms with E-state index in [1.807, 2.05) is 189 Å². The zero-order valence-corrected chi connectivity index (χ0v) is 65.0. The molecule has 0 bridgehead atoms. The van der Waals surface area contributed by atoms with Crippen LogP contribution in [0.4, 0.5) is 0 Å². The number of rotatable bonds is 15. The minimum absolute atomic E-state index is 0. The van der Waals surface area contributed by atoms with Gasteiger partial charge in [-0.15, -0.1) is 0 Å². The Morgan fingerprint density at radius 3 is 1.23 bits per heavy atom. The van der Waals surface area contributed by atoms with Crippen LogP contribution in [-0.2, 0) is 4.84 Å². The second-order valence-corrected chi connectivity index (χ2v) is 25.0. The van der Waals surface area contributed by atoms with Crippen molar-refractivity contribution in [2.75, 3.05) is 0 Å². The Hall–Kier alpha value is -6.71. The van der Waals surface area contributed by atoms with Gasteiger partial charge in [-0.25, -0.2) is 29.7 Å². The lowest BCUT2D eigenvalue weighted by molar-refractivity contribution is 0.0514. The van der Waals surface area contributed by atoms with Gasteiger partial charge in [-0.3, -0.25) is 0 Å². The Bertz CT molecular complexity index is 3980. The monoisotopic (exact) mass is 1530 g/mol. The molecule has 2 aliphatic carbocycles. The Morgan fingerprint density at radius 1 is 0.510 bits per heavy atom. The van der Waals surface area contributed by atoms with Gasteiger partial charge in [0, 0.05) is 71.4 Å². The molecule has 2 fully saturated rings. The summed E-state index contributed by atoms with van der Waals surface area (Å²) in [5.41, 5.74) is 18.7. The Kier molecular flexibility index (Phi) is 34.0. The first-order valence-corrected chi connectivity index (χ1v) is 32.3. The van der Waals surface area contributed by atoms with Gasteiger partial charge >= 0.3 is 5.97 Å². The quantitative estimate of drug-likeness (QED) is 0.0318. The van der Waals surface area contributed by atoms with Crippen molar-refractivity contribution >= 4 is 109 Å². The van der Waals surface area contributed by atoms with Gasteiger partial charge in [0.25, 0.3) is 5.89 Å². The molecule has 0 radical (unpaired) electrons. The van der Waals surface area contributed by atoms with Crippen LogP contribution in [0.5, 0.6) is 17.6 Å². The lowest BCUT2D eigenvalue weighted by atomic mass is 10.1. The molecule has 9 aromatic rings. The van der Waals surface area contributed by atoms with Crippen molar-refractivity contribution in [3.8, 4) is 29.1 Å². The number of nitrogens with zero attached hydrogens (tertiary/aromatic N) is 11. The molecule has 0 amide bonds. The smallest absolute Gasteiger partial charge is 0.365 e. The first-order chi connectivity index (χ1) is 43.6. The molecule has 26 heteroatoms. The predicted octanol–water partition coefficient (Wildman–Crippen LogP) is 17.2. The van der Waals surface area contributed by atoms with Crippen molar-refractivity contribution < 1.29 is 33.5 Å². The van der Waals surface area contributed by atoms with Gasteiger partial charge in [-0.2, -0.15) is 73.9 Å². The topological polar surface area (TPSA) is 255 Å². The van der Waals surface area contributed by atoms with Crippen molar-refractivity contribution in [1.29, 1.82) is 0 Å². The molecule has 5 heterocycles. The summed E-state index contributed by atoms with van der Waals surface area (Å²) in [4.78, 5) is 55.8. The van der Waals surface area contributed by atoms with Crippen LogP contribution in [0.3, 0.4) is 0 Å². The van der Waals surface area contributed by atoms with Crippen LogP contribution in [0.2, 0.25) is 5.15 Å². The van der Waals surface area contributed by atoms with Crippen molar-refractivity contribution in [2.24, 2.45) is 16.8 Å². The van der Waals surface area contributed by atoms with Crippen LogP contribution in [-0.4, -0.2) is 66.9 Å². The molecule has 3 N–H and O–H groups in total. The van der Waals surface area contributed by atoms with Crippen molar-refractivity contribution in [3.05, 3.63) is 213 Å².